The molecule has 180 valence electrons. The lowest BCUT2D eigenvalue weighted by Crippen LogP contribution is -2.26. The number of hydrogen-bond donors (Lipinski definition) is 3. The van der Waals surface area contributed by atoms with Crippen LogP contribution in [-0.4, -0.2) is 53.7 Å². The number of benzene rings is 2. The summed E-state index contributed by atoms with van der Waals surface area (Å²) in [6.45, 7) is 0.339. The zero-order valence-electron chi connectivity index (χ0n) is 19.1. The van der Waals surface area contributed by atoms with Crippen LogP contribution in [0.15, 0.2) is 53.2 Å². The summed E-state index contributed by atoms with van der Waals surface area (Å²) >= 11 is 0. The van der Waals surface area contributed by atoms with Gasteiger partial charge in [0.05, 0.1) is 31.9 Å². The van der Waals surface area contributed by atoms with E-state index in [1.807, 2.05) is 24.4 Å². The van der Waals surface area contributed by atoms with Crippen LogP contribution in [0.3, 0.4) is 0 Å². The Kier molecular flexibility index (Phi) is 7.05. The summed E-state index contributed by atoms with van der Waals surface area (Å²) in [5, 5.41) is 10.0. The van der Waals surface area contributed by atoms with Crippen LogP contribution in [0.5, 0.6) is 5.75 Å². The Balaban J connectivity index is 1.31. The van der Waals surface area contributed by atoms with E-state index in [0.717, 1.165) is 22.2 Å². The van der Waals surface area contributed by atoms with Gasteiger partial charge in [0.15, 0.2) is 5.82 Å². The van der Waals surface area contributed by atoms with Crippen molar-refractivity contribution in [3.8, 4) is 5.75 Å². The van der Waals surface area contributed by atoms with Gasteiger partial charge in [-0.3, -0.25) is 9.59 Å². The molecule has 0 unspecified atom stereocenters. The number of nitrogens with one attached hydrogen (secondary N) is 3. The van der Waals surface area contributed by atoms with Crippen molar-refractivity contribution in [3.63, 3.8) is 0 Å². The molecule has 4 rings (SSSR count). The van der Waals surface area contributed by atoms with Crippen LogP contribution >= 0.6 is 0 Å². The summed E-state index contributed by atoms with van der Waals surface area (Å²) in [5.41, 5.74) is 2.50. The van der Waals surface area contributed by atoms with Crippen LogP contribution in [0.1, 0.15) is 32.4 Å². The molecule has 0 aliphatic rings. The van der Waals surface area contributed by atoms with Crippen molar-refractivity contribution in [2.45, 2.75) is 12.8 Å². The number of fused-ring (bicyclic) bond motifs is 1. The van der Waals surface area contributed by atoms with Crippen molar-refractivity contribution in [2.24, 2.45) is 0 Å². The number of anilines is 1. The molecule has 0 radical (unpaired) electrons. The summed E-state index contributed by atoms with van der Waals surface area (Å²) in [4.78, 5) is 43.8. The lowest BCUT2D eigenvalue weighted by atomic mass is 10.1. The summed E-state index contributed by atoms with van der Waals surface area (Å²) in [5.74, 6) is -1.07. The Hall–Kier alpha value is -4.67. The minimum Gasteiger partial charge on any atom is -0.497 e. The first kappa shape index (κ1) is 23.5. The van der Waals surface area contributed by atoms with Gasteiger partial charge in [0.25, 0.3) is 0 Å². The van der Waals surface area contributed by atoms with Crippen LogP contribution in [0.25, 0.3) is 10.9 Å². The smallest absolute Gasteiger partial charge is 0.339 e. The minimum atomic E-state index is -0.578. The Morgan fingerprint density at radius 2 is 1.94 bits per heavy atom. The molecule has 0 aliphatic carbocycles. The van der Waals surface area contributed by atoms with E-state index in [-0.39, 0.29) is 23.7 Å². The Labute approximate surface area is 199 Å². The summed E-state index contributed by atoms with van der Waals surface area (Å²) in [6.07, 6.45) is 2.21. The molecule has 0 aliphatic heterocycles. The average Bonchev–Trinajstić information content (AvgIpc) is 3.50. The lowest BCUT2D eigenvalue weighted by Gasteiger charge is -2.08. The van der Waals surface area contributed by atoms with Gasteiger partial charge in [0.2, 0.25) is 5.91 Å². The standard InChI is InChI=1S/C24H23N5O6/c1-33-15-7-8-18-17(11-15)14(13-26-18)9-10-25-22(31)23-28-20(29-35-23)12-21(30)27-19-6-4-3-5-16(19)24(32)34-2/h3-8,11,13,26H,9-10,12H2,1-2H3,(H,25,31)(H,27,30). The van der Waals surface area contributed by atoms with Crippen LogP contribution in [0.2, 0.25) is 0 Å². The second-order valence-electron chi connectivity index (χ2n) is 7.51. The highest BCUT2D eigenvalue weighted by Gasteiger charge is 2.18. The maximum absolute atomic E-state index is 12.4. The van der Waals surface area contributed by atoms with Crippen molar-refractivity contribution >= 4 is 34.4 Å². The maximum atomic E-state index is 12.4. The quantitative estimate of drug-likeness (QED) is 0.311. The molecule has 2 aromatic carbocycles. The van der Waals surface area contributed by atoms with E-state index in [0.29, 0.717) is 18.7 Å². The number of esters is 1. The van der Waals surface area contributed by atoms with Gasteiger partial charge in [-0.15, -0.1) is 0 Å². The van der Waals surface area contributed by atoms with Crippen molar-refractivity contribution in [1.29, 1.82) is 0 Å². The number of aromatic nitrogens is 3. The van der Waals surface area contributed by atoms with Gasteiger partial charge >= 0.3 is 17.8 Å². The Bertz CT molecular complexity index is 1380. The largest absolute Gasteiger partial charge is 0.497 e. The third-order valence-electron chi connectivity index (χ3n) is 5.24. The van der Waals surface area contributed by atoms with Crippen molar-refractivity contribution in [3.05, 3.63) is 71.5 Å². The number of carbonyl (C=O) groups is 3. The maximum Gasteiger partial charge on any atom is 0.339 e. The van der Waals surface area contributed by atoms with E-state index in [2.05, 4.69) is 25.8 Å². The number of ether oxygens (including phenoxy) is 2. The summed E-state index contributed by atoms with van der Waals surface area (Å²) in [7, 11) is 2.86. The monoisotopic (exact) mass is 477 g/mol. The van der Waals surface area contributed by atoms with E-state index < -0.39 is 17.8 Å². The van der Waals surface area contributed by atoms with Crippen LogP contribution in [0.4, 0.5) is 5.69 Å². The zero-order chi connectivity index (χ0) is 24.8. The number of para-hydroxylation sites is 1. The SMILES string of the molecule is COC(=O)c1ccccc1NC(=O)Cc1noc(C(=O)NCCc2c[nH]c3ccc(OC)cc23)n1. The number of nitrogens with zero attached hydrogens (tertiary/aromatic N) is 2. The van der Waals surface area contributed by atoms with Crippen molar-refractivity contribution in [2.75, 3.05) is 26.1 Å². The number of hydrogen-bond acceptors (Lipinski definition) is 8. The number of H-pyrrole nitrogens is 1. The zero-order valence-corrected chi connectivity index (χ0v) is 19.1. The number of aromatic amines is 1. The van der Waals surface area contributed by atoms with Gasteiger partial charge in [-0.25, -0.2) is 4.79 Å². The fourth-order valence-electron chi connectivity index (χ4n) is 3.51. The highest BCUT2D eigenvalue weighted by atomic mass is 16.5. The summed E-state index contributed by atoms with van der Waals surface area (Å²) in [6, 6.07) is 12.2. The van der Waals surface area contributed by atoms with Gasteiger partial charge in [-0.05, 0) is 42.3 Å². The molecule has 2 aromatic heterocycles. The molecule has 4 aromatic rings. The predicted molar refractivity (Wildman–Crippen MR) is 125 cm³/mol. The van der Waals surface area contributed by atoms with Gasteiger partial charge < -0.3 is 29.6 Å². The molecule has 0 bridgehead atoms. The fraction of sp³-hybridized carbons (Fsp3) is 0.208. The van der Waals surface area contributed by atoms with Gasteiger partial charge in [0, 0.05) is 23.6 Å². The van der Waals surface area contributed by atoms with Gasteiger partial charge in [-0.1, -0.05) is 17.3 Å². The Morgan fingerprint density at radius 3 is 2.74 bits per heavy atom. The number of amides is 2. The first-order chi connectivity index (χ1) is 17.0. The second-order valence-corrected chi connectivity index (χ2v) is 7.51. The molecular weight excluding hydrogens is 454 g/mol. The lowest BCUT2D eigenvalue weighted by molar-refractivity contribution is -0.115. The molecule has 11 heteroatoms. The predicted octanol–water partition coefficient (Wildman–Crippen LogP) is 2.50. The van der Waals surface area contributed by atoms with E-state index in [9.17, 15) is 14.4 Å². The molecular formula is C24H23N5O6. The molecule has 2 heterocycles. The van der Waals surface area contributed by atoms with E-state index >= 15 is 0 Å². The van der Waals surface area contributed by atoms with Crippen LogP contribution < -0.4 is 15.4 Å². The number of carbonyl (C=O) groups excluding carboxylic acids is 3. The second kappa shape index (κ2) is 10.5. The topological polar surface area (TPSA) is 148 Å². The minimum absolute atomic E-state index is 0.0342. The molecule has 0 fully saturated rings. The third kappa shape index (κ3) is 5.46. The first-order valence-corrected chi connectivity index (χ1v) is 10.7. The van der Waals surface area contributed by atoms with E-state index in [1.54, 1.807) is 25.3 Å². The van der Waals surface area contributed by atoms with Crippen molar-refractivity contribution < 1.29 is 28.4 Å². The molecule has 11 nitrogen and oxygen atoms in total. The van der Waals surface area contributed by atoms with Gasteiger partial charge in [0.1, 0.15) is 5.75 Å². The number of rotatable bonds is 9. The third-order valence-corrected chi connectivity index (χ3v) is 5.24. The highest BCUT2D eigenvalue weighted by molar-refractivity contribution is 6.01. The summed E-state index contributed by atoms with van der Waals surface area (Å²) < 4.78 is 15.0. The van der Waals surface area contributed by atoms with Gasteiger partial charge in [-0.2, -0.15) is 4.98 Å². The molecule has 3 N–H and O–H groups in total. The highest BCUT2D eigenvalue weighted by Crippen LogP contribution is 2.23. The normalized spacial score (nSPS) is 10.7. The van der Waals surface area contributed by atoms with E-state index in [4.69, 9.17) is 14.0 Å². The molecule has 2 amide bonds. The van der Waals surface area contributed by atoms with Crippen LogP contribution in [-0.2, 0) is 22.4 Å². The fourth-order valence-corrected chi connectivity index (χ4v) is 3.51. The molecule has 0 atom stereocenters. The Morgan fingerprint density at radius 1 is 1.11 bits per heavy atom. The molecule has 35 heavy (non-hydrogen) atoms. The van der Waals surface area contributed by atoms with E-state index in [1.165, 1.54) is 13.2 Å². The van der Waals surface area contributed by atoms with Crippen LogP contribution in [0, 0.1) is 0 Å². The first-order valence-electron chi connectivity index (χ1n) is 10.7. The average molecular weight is 477 g/mol. The molecule has 0 saturated heterocycles. The molecule has 0 spiro atoms. The van der Waals surface area contributed by atoms with Crippen molar-refractivity contribution in [1.82, 2.24) is 20.4 Å². The number of methoxy groups -OCH3 is 2. The molecule has 0 saturated carbocycles.